The fourth-order valence-electron chi connectivity index (χ4n) is 1.77. The van der Waals surface area contributed by atoms with E-state index in [1.165, 1.54) is 7.05 Å². The fraction of sp³-hybridized carbons (Fsp3) is 0.357. The maximum absolute atomic E-state index is 12.1. The molecule has 0 aliphatic carbocycles. The van der Waals surface area contributed by atoms with E-state index < -0.39 is 12.6 Å². The quantitative estimate of drug-likeness (QED) is 0.381. The van der Waals surface area contributed by atoms with Gasteiger partial charge in [-0.1, -0.05) is 28.9 Å². The number of guanidine groups is 1. The standard InChI is InChI=1S/C14H15ClF3N5O.HI/c1-19-13(20-6-5-14(16,17)18)21-8-11-22-12(23-24-11)9-3-2-4-10(15)7-9;/h2-4,7H,5-6,8H2,1H3,(H2,19,20,21);1H. The van der Waals surface area contributed by atoms with Crippen LogP contribution in [0.3, 0.4) is 0 Å². The van der Waals surface area contributed by atoms with Crippen LogP contribution in [0.2, 0.25) is 5.02 Å². The number of nitrogens with zero attached hydrogens (tertiary/aromatic N) is 3. The van der Waals surface area contributed by atoms with Crippen molar-refractivity contribution < 1.29 is 17.7 Å². The van der Waals surface area contributed by atoms with Crippen molar-refractivity contribution in [2.75, 3.05) is 13.6 Å². The molecule has 2 aromatic rings. The molecular weight excluding hydrogens is 474 g/mol. The van der Waals surface area contributed by atoms with E-state index in [1.807, 2.05) is 0 Å². The van der Waals surface area contributed by atoms with Crippen molar-refractivity contribution in [3.8, 4) is 11.4 Å². The average molecular weight is 490 g/mol. The second-order valence-electron chi connectivity index (χ2n) is 4.74. The minimum Gasteiger partial charge on any atom is -0.356 e. The summed E-state index contributed by atoms with van der Waals surface area (Å²) in [6.07, 6.45) is -5.17. The zero-order valence-electron chi connectivity index (χ0n) is 13.1. The SMILES string of the molecule is CN=C(NCCC(F)(F)F)NCc1nc(-c2cccc(Cl)c2)no1.I. The van der Waals surface area contributed by atoms with Gasteiger partial charge in [-0.3, -0.25) is 4.99 Å². The van der Waals surface area contributed by atoms with Crippen LogP contribution in [0.5, 0.6) is 0 Å². The van der Waals surface area contributed by atoms with Crippen molar-refractivity contribution >= 4 is 41.5 Å². The lowest BCUT2D eigenvalue weighted by Gasteiger charge is -2.11. The van der Waals surface area contributed by atoms with Gasteiger partial charge in [0, 0.05) is 24.2 Å². The summed E-state index contributed by atoms with van der Waals surface area (Å²) in [5.41, 5.74) is 0.699. The Morgan fingerprint density at radius 3 is 2.72 bits per heavy atom. The van der Waals surface area contributed by atoms with Gasteiger partial charge in [-0.2, -0.15) is 18.2 Å². The van der Waals surface area contributed by atoms with E-state index in [4.69, 9.17) is 16.1 Å². The van der Waals surface area contributed by atoms with Crippen LogP contribution in [0.25, 0.3) is 11.4 Å². The molecule has 11 heteroatoms. The molecule has 0 bridgehead atoms. The first-order valence-electron chi connectivity index (χ1n) is 6.97. The van der Waals surface area contributed by atoms with Crippen LogP contribution in [0, 0.1) is 0 Å². The lowest BCUT2D eigenvalue weighted by molar-refractivity contribution is -0.132. The maximum atomic E-state index is 12.1. The van der Waals surface area contributed by atoms with Gasteiger partial charge in [0.25, 0.3) is 0 Å². The smallest absolute Gasteiger partial charge is 0.356 e. The summed E-state index contributed by atoms with van der Waals surface area (Å²) in [6.45, 7) is -0.153. The molecule has 0 unspecified atom stereocenters. The highest BCUT2D eigenvalue weighted by atomic mass is 127. The Kier molecular flexibility index (Phi) is 8.42. The monoisotopic (exact) mass is 489 g/mol. The number of nitrogens with one attached hydrogen (secondary N) is 2. The highest BCUT2D eigenvalue weighted by Crippen LogP contribution is 2.20. The summed E-state index contributed by atoms with van der Waals surface area (Å²) in [7, 11) is 1.45. The molecule has 1 heterocycles. The summed E-state index contributed by atoms with van der Waals surface area (Å²) < 4.78 is 41.4. The van der Waals surface area contributed by atoms with Gasteiger partial charge in [-0.25, -0.2) is 0 Å². The molecule has 0 saturated carbocycles. The van der Waals surface area contributed by atoms with Gasteiger partial charge >= 0.3 is 6.18 Å². The summed E-state index contributed by atoms with van der Waals surface area (Å²) >= 11 is 5.90. The highest BCUT2D eigenvalue weighted by molar-refractivity contribution is 14.0. The molecular formula is C14H16ClF3IN5O. The second-order valence-corrected chi connectivity index (χ2v) is 5.18. The number of rotatable bonds is 5. The molecule has 0 aliphatic heterocycles. The van der Waals surface area contributed by atoms with E-state index in [2.05, 4.69) is 25.8 Å². The molecule has 138 valence electrons. The van der Waals surface area contributed by atoms with Gasteiger partial charge in [0.05, 0.1) is 13.0 Å². The molecule has 1 aromatic heterocycles. The Bertz CT molecular complexity index is 708. The Labute approximate surface area is 164 Å². The third-order valence-electron chi connectivity index (χ3n) is 2.88. The summed E-state index contributed by atoms with van der Waals surface area (Å²) in [6, 6.07) is 6.97. The molecule has 0 fully saturated rings. The van der Waals surface area contributed by atoms with E-state index in [0.29, 0.717) is 16.4 Å². The summed E-state index contributed by atoms with van der Waals surface area (Å²) in [5.74, 6) is 0.847. The second kappa shape index (κ2) is 9.80. The summed E-state index contributed by atoms with van der Waals surface area (Å²) in [5, 5.41) is 9.73. The van der Waals surface area contributed by atoms with E-state index in [0.717, 1.165) is 0 Å². The number of aliphatic imine (C=N–C) groups is 1. The Morgan fingerprint density at radius 1 is 1.32 bits per heavy atom. The van der Waals surface area contributed by atoms with E-state index in [-0.39, 0.29) is 48.9 Å². The molecule has 0 saturated heterocycles. The fourth-order valence-corrected chi connectivity index (χ4v) is 1.96. The molecule has 0 radical (unpaired) electrons. The van der Waals surface area contributed by atoms with Crippen molar-refractivity contribution in [1.29, 1.82) is 0 Å². The predicted octanol–water partition coefficient (Wildman–Crippen LogP) is 3.63. The van der Waals surface area contributed by atoms with E-state index in [1.54, 1.807) is 24.3 Å². The van der Waals surface area contributed by atoms with Crippen LogP contribution in [0.4, 0.5) is 13.2 Å². The molecule has 2 N–H and O–H groups in total. The Morgan fingerprint density at radius 2 is 2.08 bits per heavy atom. The van der Waals surface area contributed by atoms with Gasteiger partial charge in [0.2, 0.25) is 11.7 Å². The van der Waals surface area contributed by atoms with Gasteiger partial charge in [-0.15, -0.1) is 24.0 Å². The van der Waals surface area contributed by atoms with Crippen LogP contribution in [-0.4, -0.2) is 35.9 Å². The normalized spacial score (nSPS) is 11.8. The first-order chi connectivity index (χ1) is 11.4. The third kappa shape index (κ3) is 7.46. The molecule has 25 heavy (non-hydrogen) atoms. The molecule has 1 aromatic carbocycles. The van der Waals surface area contributed by atoms with Crippen LogP contribution in [0.15, 0.2) is 33.8 Å². The number of hydrogen-bond donors (Lipinski definition) is 2. The van der Waals surface area contributed by atoms with Crippen LogP contribution in [0.1, 0.15) is 12.3 Å². The lowest BCUT2D eigenvalue weighted by atomic mass is 10.2. The Balaban J connectivity index is 0.00000312. The average Bonchev–Trinajstić information content (AvgIpc) is 2.98. The van der Waals surface area contributed by atoms with Crippen LogP contribution in [-0.2, 0) is 6.54 Å². The molecule has 6 nitrogen and oxygen atoms in total. The number of aromatic nitrogens is 2. The molecule has 2 rings (SSSR count). The zero-order valence-corrected chi connectivity index (χ0v) is 16.2. The molecule has 0 spiro atoms. The van der Waals surface area contributed by atoms with Crippen molar-refractivity contribution in [2.24, 2.45) is 4.99 Å². The van der Waals surface area contributed by atoms with Crippen molar-refractivity contribution in [3.05, 3.63) is 35.2 Å². The van der Waals surface area contributed by atoms with E-state index >= 15 is 0 Å². The molecule has 0 atom stereocenters. The predicted molar refractivity (Wildman–Crippen MR) is 99.0 cm³/mol. The maximum Gasteiger partial charge on any atom is 0.390 e. The topological polar surface area (TPSA) is 75.3 Å². The number of benzene rings is 1. The van der Waals surface area contributed by atoms with Gasteiger partial charge in [0.15, 0.2) is 5.96 Å². The van der Waals surface area contributed by atoms with Crippen molar-refractivity contribution in [1.82, 2.24) is 20.8 Å². The third-order valence-corrected chi connectivity index (χ3v) is 3.12. The minimum atomic E-state index is -4.22. The number of alkyl halides is 3. The zero-order chi connectivity index (χ0) is 17.6. The molecule has 0 amide bonds. The Hall–Kier alpha value is -1.56. The number of hydrogen-bond acceptors (Lipinski definition) is 4. The van der Waals surface area contributed by atoms with Crippen molar-refractivity contribution in [2.45, 2.75) is 19.1 Å². The minimum absolute atomic E-state index is 0. The number of halogens is 5. The van der Waals surface area contributed by atoms with Gasteiger partial charge < -0.3 is 15.2 Å². The summed E-state index contributed by atoms with van der Waals surface area (Å²) in [4.78, 5) is 8.00. The largest absolute Gasteiger partial charge is 0.390 e. The van der Waals surface area contributed by atoms with E-state index in [9.17, 15) is 13.2 Å². The van der Waals surface area contributed by atoms with Gasteiger partial charge in [-0.05, 0) is 12.1 Å². The van der Waals surface area contributed by atoms with Crippen LogP contribution < -0.4 is 10.6 Å². The van der Waals surface area contributed by atoms with Crippen LogP contribution >= 0.6 is 35.6 Å². The van der Waals surface area contributed by atoms with Gasteiger partial charge in [0.1, 0.15) is 0 Å². The first-order valence-corrected chi connectivity index (χ1v) is 7.35. The first kappa shape index (κ1) is 21.5. The highest BCUT2D eigenvalue weighted by Gasteiger charge is 2.26. The lowest BCUT2D eigenvalue weighted by Crippen LogP contribution is -2.38. The molecule has 0 aliphatic rings. The van der Waals surface area contributed by atoms with Crippen molar-refractivity contribution in [3.63, 3.8) is 0 Å².